The molecule has 1 aromatic carbocycles. The Morgan fingerprint density at radius 3 is 2.38 bits per heavy atom. The number of nitrogen functional groups attached to an aromatic ring is 1. The first-order valence-electron chi connectivity index (χ1n) is 14.8. The van der Waals surface area contributed by atoms with E-state index in [1.165, 1.54) is 11.1 Å². The Bertz CT molecular complexity index is 1490. The molecule has 2 aliphatic rings. The number of hydrogen-bond donors (Lipinski definition) is 2. The van der Waals surface area contributed by atoms with Crippen molar-refractivity contribution in [3.8, 4) is 11.1 Å². The number of carboxylic acids is 1. The number of aliphatic carboxylic acids is 1. The smallest absolute Gasteiger partial charge is 0.337 e. The van der Waals surface area contributed by atoms with Crippen molar-refractivity contribution >= 4 is 23.4 Å². The molecule has 224 valence electrons. The Hall–Kier alpha value is -3.72. The normalized spacial score (nSPS) is 17.6. The zero-order chi connectivity index (χ0) is 30.4. The van der Waals surface area contributed by atoms with Crippen LogP contribution in [-0.2, 0) is 22.5 Å². The number of aromatic nitrogens is 3. The number of pyridine rings is 1. The van der Waals surface area contributed by atoms with E-state index in [9.17, 15) is 9.90 Å². The van der Waals surface area contributed by atoms with Gasteiger partial charge in [0.2, 0.25) is 5.95 Å². The van der Waals surface area contributed by atoms with Crippen molar-refractivity contribution in [3.63, 3.8) is 0 Å². The average Bonchev–Trinajstić information content (AvgIpc) is 2.90. The van der Waals surface area contributed by atoms with E-state index in [4.69, 9.17) is 15.5 Å². The van der Waals surface area contributed by atoms with Crippen molar-refractivity contribution in [2.75, 3.05) is 35.2 Å². The molecule has 0 bridgehead atoms. The van der Waals surface area contributed by atoms with Gasteiger partial charge in [0.25, 0.3) is 0 Å². The molecule has 0 spiro atoms. The van der Waals surface area contributed by atoms with Crippen molar-refractivity contribution < 1.29 is 14.6 Å². The molecule has 0 amide bonds. The fourth-order valence-electron chi connectivity index (χ4n) is 6.20. The Balaban J connectivity index is 1.62. The minimum Gasteiger partial charge on any atom is -0.479 e. The number of benzene rings is 1. The van der Waals surface area contributed by atoms with Crippen LogP contribution in [0.15, 0.2) is 30.5 Å². The summed E-state index contributed by atoms with van der Waals surface area (Å²) in [6.07, 6.45) is 3.47. The van der Waals surface area contributed by atoms with Crippen LogP contribution in [0.2, 0.25) is 0 Å². The molecule has 9 nitrogen and oxygen atoms in total. The van der Waals surface area contributed by atoms with Crippen LogP contribution in [0.4, 0.5) is 17.5 Å². The van der Waals surface area contributed by atoms with E-state index in [0.29, 0.717) is 11.3 Å². The fraction of sp³-hybridized carbons (Fsp3) is 0.515. The van der Waals surface area contributed by atoms with E-state index in [1.807, 2.05) is 40.7 Å². The maximum atomic E-state index is 12.8. The molecule has 3 aromatic rings. The van der Waals surface area contributed by atoms with Gasteiger partial charge in [-0.25, -0.2) is 9.78 Å². The van der Waals surface area contributed by atoms with Gasteiger partial charge in [0.15, 0.2) is 6.10 Å². The first-order chi connectivity index (χ1) is 19.7. The molecule has 0 radical (unpaired) electrons. The number of hydrogen-bond acceptors (Lipinski definition) is 8. The molecule has 5 rings (SSSR count). The molecule has 2 aliphatic heterocycles. The Kier molecular flexibility index (Phi) is 7.91. The quantitative estimate of drug-likeness (QED) is 0.374. The van der Waals surface area contributed by atoms with Crippen LogP contribution in [0.5, 0.6) is 0 Å². The lowest BCUT2D eigenvalue weighted by molar-refractivity contribution is -0.160. The third-order valence-electron chi connectivity index (χ3n) is 8.46. The number of piperidine rings is 1. The van der Waals surface area contributed by atoms with E-state index in [-0.39, 0.29) is 11.4 Å². The molecular weight excluding hydrogens is 528 g/mol. The van der Waals surface area contributed by atoms with Gasteiger partial charge in [0, 0.05) is 54.9 Å². The second-order valence-electron chi connectivity index (χ2n) is 13.4. The lowest BCUT2D eigenvalue weighted by atomic mass is 9.81. The summed E-state index contributed by atoms with van der Waals surface area (Å²) in [5, 5.41) is 10.5. The van der Waals surface area contributed by atoms with Gasteiger partial charge in [-0.3, -0.25) is 4.98 Å². The molecular formula is C33H44N6O3. The summed E-state index contributed by atoms with van der Waals surface area (Å²) in [6.45, 7) is 17.5. The molecule has 9 heteroatoms. The molecule has 4 heterocycles. The molecule has 42 heavy (non-hydrogen) atoms. The highest BCUT2D eigenvalue weighted by Crippen LogP contribution is 2.45. The molecule has 3 N–H and O–H groups in total. The lowest BCUT2D eigenvalue weighted by Crippen LogP contribution is -2.39. The highest BCUT2D eigenvalue weighted by atomic mass is 16.5. The van der Waals surface area contributed by atoms with E-state index in [1.54, 1.807) is 6.20 Å². The second-order valence-corrected chi connectivity index (χ2v) is 13.4. The highest BCUT2D eigenvalue weighted by Gasteiger charge is 2.36. The van der Waals surface area contributed by atoms with Gasteiger partial charge >= 0.3 is 5.97 Å². The predicted octanol–water partition coefficient (Wildman–Crippen LogP) is 5.87. The maximum Gasteiger partial charge on any atom is 0.337 e. The first kappa shape index (κ1) is 29.8. The highest BCUT2D eigenvalue weighted by molar-refractivity contribution is 5.88. The number of aryl methyl sites for hydroxylation is 2. The summed E-state index contributed by atoms with van der Waals surface area (Å²) in [5.74, 6) is 0.101. The fourth-order valence-corrected chi connectivity index (χ4v) is 6.20. The summed E-state index contributed by atoms with van der Waals surface area (Å²) >= 11 is 0. The van der Waals surface area contributed by atoms with Crippen LogP contribution in [0.3, 0.4) is 0 Å². The van der Waals surface area contributed by atoms with Crippen molar-refractivity contribution in [2.45, 2.75) is 86.0 Å². The van der Waals surface area contributed by atoms with Crippen LogP contribution in [0.1, 0.15) is 81.6 Å². The molecule has 1 saturated heterocycles. The Morgan fingerprint density at radius 1 is 1.02 bits per heavy atom. The number of fused-ring (bicyclic) bond motifs is 1. The number of nitrogens with zero attached hydrogens (tertiary/aromatic N) is 5. The molecule has 1 fully saturated rings. The van der Waals surface area contributed by atoms with Gasteiger partial charge in [0.1, 0.15) is 5.82 Å². The van der Waals surface area contributed by atoms with Crippen molar-refractivity contribution in [2.24, 2.45) is 5.41 Å². The minimum absolute atomic E-state index is 0.244. The summed E-state index contributed by atoms with van der Waals surface area (Å²) in [4.78, 5) is 30.7. The van der Waals surface area contributed by atoms with E-state index in [2.05, 4.69) is 51.8 Å². The lowest BCUT2D eigenvalue weighted by Gasteiger charge is -2.41. The van der Waals surface area contributed by atoms with E-state index < -0.39 is 17.7 Å². The van der Waals surface area contributed by atoms with Crippen molar-refractivity contribution in [1.82, 2.24) is 15.0 Å². The topological polar surface area (TPSA) is 118 Å². The number of ether oxygens (including phenoxy) is 1. The molecule has 0 saturated carbocycles. The standard InChI is InChI=1S/C33H44N6O3/c1-20-26(23-8-9-24-19-39(15-11-22(24)18-23)25-10-14-35-31(34)37-25)28(38-16-12-33(6,7)13-17-38)27(21(2)36-20)29(30(40)41)42-32(3,4)5/h8-10,14,18,29H,11-13,15-17,19H2,1-7H3,(H,40,41)(H2,34,35,37)/t29-/m0/s1. The Morgan fingerprint density at radius 2 is 1.74 bits per heavy atom. The van der Waals surface area contributed by atoms with Crippen LogP contribution >= 0.6 is 0 Å². The molecule has 0 unspecified atom stereocenters. The van der Waals surface area contributed by atoms with E-state index >= 15 is 0 Å². The van der Waals surface area contributed by atoms with Crippen molar-refractivity contribution in [3.05, 3.63) is 58.5 Å². The third-order valence-corrected chi connectivity index (χ3v) is 8.46. The van der Waals surface area contributed by atoms with Crippen molar-refractivity contribution in [1.29, 1.82) is 0 Å². The first-order valence-corrected chi connectivity index (χ1v) is 14.8. The number of nitrogens with two attached hydrogens (primary N) is 1. The summed E-state index contributed by atoms with van der Waals surface area (Å²) < 4.78 is 6.23. The van der Waals surface area contributed by atoms with Gasteiger partial charge < -0.3 is 25.4 Å². The van der Waals surface area contributed by atoms with Crippen LogP contribution in [0, 0.1) is 19.3 Å². The SMILES string of the molecule is Cc1nc(C)c([C@H](OC(C)(C)C)C(=O)O)c(N2CCC(C)(C)CC2)c1-c1ccc2c(c1)CCN(c1ccnc(N)n1)C2. The maximum absolute atomic E-state index is 12.8. The predicted molar refractivity (Wildman–Crippen MR) is 167 cm³/mol. The van der Waals surface area contributed by atoms with Gasteiger partial charge in [-0.05, 0) is 82.1 Å². The van der Waals surface area contributed by atoms with Crippen LogP contribution in [0.25, 0.3) is 11.1 Å². The van der Waals surface area contributed by atoms with Gasteiger partial charge in [-0.2, -0.15) is 4.98 Å². The summed E-state index contributed by atoms with van der Waals surface area (Å²) in [6, 6.07) is 8.49. The number of carbonyl (C=O) groups is 1. The molecule has 2 aromatic heterocycles. The second kappa shape index (κ2) is 11.2. The number of rotatable bonds is 6. The van der Waals surface area contributed by atoms with Gasteiger partial charge in [0.05, 0.1) is 11.3 Å². The van der Waals surface area contributed by atoms with Crippen LogP contribution < -0.4 is 15.5 Å². The average molecular weight is 573 g/mol. The Labute approximate surface area is 249 Å². The zero-order valence-electron chi connectivity index (χ0n) is 26.0. The summed E-state index contributed by atoms with van der Waals surface area (Å²) in [5.41, 5.74) is 13.2. The van der Waals surface area contributed by atoms with Gasteiger partial charge in [-0.1, -0.05) is 32.0 Å². The molecule has 1 atom stereocenters. The summed E-state index contributed by atoms with van der Waals surface area (Å²) in [7, 11) is 0. The monoisotopic (exact) mass is 572 g/mol. The zero-order valence-corrected chi connectivity index (χ0v) is 26.0. The van der Waals surface area contributed by atoms with E-state index in [0.717, 1.165) is 73.8 Å². The largest absolute Gasteiger partial charge is 0.479 e. The minimum atomic E-state index is -1.13. The third kappa shape index (κ3) is 6.21. The number of carboxylic acid groups (broad SMARTS) is 1. The van der Waals surface area contributed by atoms with Gasteiger partial charge in [-0.15, -0.1) is 0 Å². The number of anilines is 3. The van der Waals surface area contributed by atoms with Crippen LogP contribution in [-0.4, -0.2) is 51.3 Å². The molecule has 0 aliphatic carbocycles.